The first-order chi connectivity index (χ1) is 22.6. The number of nitrogens with zero attached hydrogens (tertiary/aromatic N) is 1. The molecule has 2 aromatic carbocycles. The molecule has 47 heavy (non-hydrogen) atoms. The number of hydrogen-bond acceptors (Lipinski definition) is 6. The minimum atomic E-state index is -1.47. The third kappa shape index (κ3) is 7.75. The molecule has 7 nitrogen and oxygen atoms in total. The number of anilines is 1. The molecule has 9 heteroatoms. The number of rotatable bonds is 11. The van der Waals surface area contributed by atoms with Crippen molar-refractivity contribution in [1.82, 2.24) is 4.72 Å². The molecule has 1 heterocycles. The lowest BCUT2D eigenvalue weighted by Crippen LogP contribution is -2.52. The van der Waals surface area contributed by atoms with E-state index in [0.717, 1.165) is 68.1 Å². The standard InChI is InChI=1S/C38H49ClN2O5S/c1-6-7-19-38(45-5,20-8-9-21-44-4)33-15-12-30(33)24-41-25-37(18-10-11-28-22-31(39)14-16-32(28)37)26-46-35-17-13-29(23-34(35)41)36(42)40-47(43)27(2)3/h7,13-14,16-17,19,22-23,27,30,33H,6,9-12,15,18,21,24-26H2,1-5H3,(H,40,42)/b19-7+/t30?,33?,37-,38-,47?/m0/s1. The molecule has 2 aromatic rings. The molecule has 1 fully saturated rings. The molecular formula is C38H49ClN2O5S. The van der Waals surface area contributed by atoms with Gasteiger partial charge in [0.1, 0.15) is 22.3 Å². The van der Waals surface area contributed by atoms with Gasteiger partial charge in [-0.1, -0.05) is 42.5 Å². The summed E-state index contributed by atoms with van der Waals surface area (Å²) in [5.74, 6) is 7.73. The Hall–Kier alpha value is -2.83. The molecule has 1 N–H and O–H groups in total. The maximum Gasteiger partial charge on any atom is 0.263 e. The number of methoxy groups -OCH3 is 2. The SMILES string of the molecule is CC/C=C/[C@@](C#CCCOC)(OC)C1CCC1CN1C[C@@]2(CCCc3cc(Cl)ccc32)COc2ccc(C(=O)NS(=O)C(C)C)cc21. The number of carbonyl (C=O) groups is 1. The Morgan fingerprint density at radius 3 is 2.79 bits per heavy atom. The van der Waals surface area contributed by atoms with Crippen LogP contribution >= 0.6 is 11.6 Å². The third-order valence-electron chi connectivity index (χ3n) is 10.00. The van der Waals surface area contributed by atoms with Crippen LogP contribution in [0.15, 0.2) is 48.6 Å². The van der Waals surface area contributed by atoms with Gasteiger partial charge in [-0.25, -0.2) is 4.21 Å². The molecule has 5 atom stereocenters. The summed E-state index contributed by atoms with van der Waals surface area (Å²) in [4.78, 5) is 15.7. The number of benzene rings is 2. The topological polar surface area (TPSA) is 77.1 Å². The van der Waals surface area contributed by atoms with Crippen LogP contribution in [0.25, 0.3) is 0 Å². The molecule has 1 spiro atoms. The van der Waals surface area contributed by atoms with Crippen molar-refractivity contribution in [2.24, 2.45) is 11.8 Å². The van der Waals surface area contributed by atoms with Crippen LogP contribution in [0.4, 0.5) is 5.69 Å². The van der Waals surface area contributed by atoms with Gasteiger partial charge in [-0.3, -0.25) is 9.52 Å². The van der Waals surface area contributed by atoms with Crippen molar-refractivity contribution in [2.75, 3.05) is 45.4 Å². The van der Waals surface area contributed by atoms with Gasteiger partial charge in [-0.05, 0) is 106 Å². The number of nitrogens with one attached hydrogen (secondary N) is 1. The molecule has 5 rings (SSSR count). The van der Waals surface area contributed by atoms with Crippen molar-refractivity contribution in [3.05, 3.63) is 70.3 Å². The number of hydrogen-bond donors (Lipinski definition) is 1. The Morgan fingerprint density at radius 1 is 1.26 bits per heavy atom. The summed E-state index contributed by atoms with van der Waals surface area (Å²) in [5.41, 5.74) is 3.00. The zero-order valence-electron chi connectivity index (χ0n) is 28.4. The molecule has 0 radical (unpaired) electrons. The molecule has 1 saturated carbocycles. The van der Waals surface area contributed by atoms with Gasteiger partial charge in [-0.15, -0.1) is 0 Å². The maximum atomic E-state index is 13.3. The van der Waals surface area contributed by atoms with E-state index in [1.165, 1.54) is 11.1 Å². The number of halogens is 1. The molecule has 1 amide bonds. The molecule has 3 unspecified atom stereocenters. The van der Waals surface area contributed by atoms with Crippen LogP contribution in [0.1, 0.15) is 80.8 Å². The average molecular weight is 681 g/mol. The zero-order chi connectivity index (χ0) is 33.6. The summed E-state index contributed by atoms with van der Waals surface area (Å²) in [6.07, 6.45) is 11.0. The van der Waals surface area contributed by atoms with E-state index in [-0.39, 0.29) is 22.5 Å². The van der Waals surface area contributed by atoms with E-state index in [1.54, 1.807) is 20.3 Å². The first kappa shape index (κ1) is 35.5. The Balaban J connectivity index is 1.53. The largest absolute Gasteiger partial charge is 0.490 e. The minimum absolute atomic E-state index is 0.185. The Morgan fingerprint density at radius 2 is 2.09 bits per heavy atom. The molecule has 1 aliphatic heterocycles. The van der Waals surface area contributed by atoms with E-state index in [9.17, 15) is 9.00 Å². The smallest absolute Gasteiger partial charge is 0.263 e. The van der Waals surface area contributed by atoms with Crippen molar-refractivity contribution < 1.29 is 23.2 Å². The molecule has 2 aliphatic carbocycles. The van der Waals surface area contributed by atoms with E-state index in [2.05, 4.69) is 52.7 Å². The fraction of sp³-hybridized carbons (Fsp3) is 0.553. The summed E-state index contributed by atoms with van der Waals surface area (Å²) < 4.78 is 33.4. The van der Waals surface area contributed by atoms with E-state index >= 15 is 0 Å². The van der Waals surface area contributed by atoms with E-state index in [0.29, 0.717) is 31.1 Å². The van der Waals surface area contributed by atoms with E-state index < -0.39 is 16.6 Å². The molecule has 0 bridgehead atoms. The Kier molecular flexibility index (Phi) is 11.8. The summed E-state index contributed by atoms with van der Waals surface area (Å²) in [7, 11) is 1.98. The van der Waals surface area contributed by atoms with Crippen LogP contribution in [-0.4, -0.2) is 61.5 Å². The lowest BCUT2D eigenvalue weighted by molar-refractivity contribution is -0.0351. The molecule has 0 saturated heterocycles. The number of ether oxygens (including phenoxy) is 3. The van der Waals surface area contributed by atoms with Gasteiger partial charge in [0.25, 0.3) is 5.91 Å². The first-order valence-corrected chi connectivity index (χ1v) is 18.5. The molecule has 254 valence electrons. The second kappa shape index (κ2) is 15.6. The lowest BCUT2D eigenvalue weighted by Gasteiger charge is -2.48. The van der Waals surface area contributed by atoms with Gasteiger partial charge in [0.15, 0.2) is 0 Å². The predicted octanol–water partition coefficient (Wildman–Crippen LogP) is 7.03. The molecular weight excluding hydrogens is 632 g/mol. The van der Waals surface area contributed by atoms with Crippen molar-refractivity contribution in [3.8, 4) is 17.6 Å². The number of carbonyl (C=O) groups excluding carboxylic acids is 1. The van der Waals surface area contributed by atoms with Crippen molar-refractivity contribution in [3.63, 3.8) is 0 Å². The molecule has 3 aliphatic rings. The van der Waals surface area contributed by atoms with Crippen LogP contribution in [0.3, 0.4) is 0 Å². The second-order valence-corrected chi connectivity index (χ2v) is 15.5. The number of aryl methyl sites for hydroxylation is 1. The first-order valence-electron chi connectivity index (χ1n) is 16.9. The van der Waals surface area contributed by atoms with Crippen LogP contribution in [0.5, 0.6) is 5.75 Å². The predicted molar refractivity (Wildman–Crippen MR) is 191 cm³/mol. The average Bonchev–Trinajstić information content (AvgIpc) is 3.20. The quantitative estimate of drug-likeness (QED) is 0.156. The second-order valence-electron chi connectivity index (χ2n) is 13.4. The fourth-order valence-electron chi connectivity index (χ4n) is 7.33. The van der Waals surface area contributed by atoms with Gasteiger partial charge < -0.3 is 19.1 Å². The lowest BCUT2D eigenvalue weighted by atomic mass is 9.64. The fourth-order valence-corrected chi connectivity index (χ4v) is 8.06. The number of allylic oxidation sites excluding steroid dienone is 1. The highest BCUT2D eigenvalue weighted by Gasteiger charge is 2.48. The summed E-state index contributed by atoms with van der Waals surface area (Å²) in [6, 6.07) is 11.8. The van der Waals surface area contributed by atoms with Gasteiger partial charge in [0, 0.05) is 60.9 Å². The number of fused-ring (bicyclic) bond motifs is 3. The van der Waals surface area contributed by atoms with E-state index in [4.69, 9.17) is 25.8 Å². The van der Waals surface area contributed by atoms with Gasteiger partial charge in [0.2, 0.25) is 0 Å². The highest BCUT2D eigenvalue weighted by atomic mass is 35.5. The van der Waals surface area contributed by atoms with Gasteiger partial charge >= 0.3 is 0 Å². The third-order valence-corrected chi connectivity index (χ3v) is 11.5. The van der Waals surface area contributed by atoms with Crippen molar-refractivity contribution in [1.29, 1.82) is 0 Å². The normalized spacial score (nSPS) is 23.9. The highest BCUT2D eigenvalue weighted by Crippen LogP contribution is 2.48. The van der Waals surface area contributed by atoms with E-state index in [1.807, 2.05) is 32.0 Å². The van der Waals surface area contributed by atoms with Gasteiger partial charge in [-0.2, -0.15) is 0 Å². The van der Waals surface area contributed by atoms with Crippen LogP contribution in [0.2, 0.25) is 5.02 Å². The summed E-state index contributed by atoms with van der Waals surface area (Å²) in [6.45, 7) is 8.40. The monoisotopic (exact) mass is 680 g/mol. The number of amides is 1. The zero-order valence-corrected chi connectivity index (χ0v) is 30.0. The van der Waals surface area contributed by atoms with Crippen molar-refractivity contribution in [2.45, 2.75) is 82.0 Å². The maximum absolute atomic E-state index is 13.3. The van der Waals surface area contributed by atoms with Crippen LogP contribution in [-0.2, 0) is 32.3 Å². The van der Waals surface area contributed by atoms with Crippen molar-refractivity contribution >= 4 is 34.2 Å². The van der Waals surface area contributed by atoms with Gasteiger partial charge in [0.05, 0.1) is 18.9 Å². The summed E-state index contributed by atoms with van der Waals surface area (Å²) in [5, 5.41) is 0.570. The molecule has 0 aromatic heterocycles. The summed E-state index contributed by atoms with van der Waals surface area (Å²) >= 11 is 6.46. The minimum Gasteiger partial charge on any atom is -0.490 e. The highest BCUT2D eigenvalue weighted by molar-refractivity contribution is 7.84. The Bertz CT molecular complexity index is 1550. The Labute approximate surface area is 288 Å². The van der Waals surface area contributed by atoms with Crippen LogP contribution in [0, 0.1) is 23.7 Å². The van der Waals surface area contributed by atoms with Crippen LogP contribution < -0.4 is 14.4 Å².